The van der Waals surface area contributed by atoms with Gasteiger partial charge in [-0.15, -0.1) is 0 Å². The molecule has 0 radical (unpaired) electrons. The number of rotatable bonds is 4. The minimum absolute atomic E-state index is 0.0572. The van der Waals surface area contributed by atoms with Crippen molar-refractivity contribution in [2.75, 3.05) is 13.7 Å². The Balaban J connectivity index is 2.94. The lowest BCUT2D eigenvalue weighted by Gasteiger charge is -2.10. The largest absolute Gasteiger partial charge is 0.492 e. The fraction of sp³-hybridized carbons (Fsp3) is 0.364. The first kappa shape index (κ1) is 11.9. The number of amides is 1. The molecule has 4 heteroatoms. The summed E-state index contributed by atoms with van der Waals surface area (Å²) in [5.74, 6) is 0.545. The molecule has 0 aliphatic heterocycles. The van der Waals surface area contributed by atoms with Crippen molar-refractivity contribution < 1.29 is 9.53 Å². The molecule has 0 aromatic heterocycles. The van der Waals surface area contributed by atoms with Crippen LogP contribution in [0.4, 0.5) is 0 Å². The fourth-order valence-electron chi connectivity index (χ4n) is 1.26. The smallest absolute Gasteiger partial charge is 0.224 e. The molecule has 0 saturated heterocycles. The highest BCUT2D eigenvalue weighted by atomic mass is 35.5. The summed E-state index contributed by atoms with van der Waals surface area (Å²) in [5.41, 5.74) is 0.809. The second-order valence-corrected chi connectivity index (χ2v) is 3.42. The number of carbonyl (C=O) groups is 1. The third-order valence-corrected chi connectivity index (χ3v) is 2.26. The van der Waals surface area contributed by atoms with E-state index in [-0.39, 0.29) is 12.3 Å². The van der Waals surface area contributed by atoms with Crippen LogP contribution in [0.5, 0.6) is 5.75 Å². The van der Waals surface area contributed by atoms with Crippen LogP contribution in [0.15, 0.2) is 18.2 Å². The minimum atomic E-state index is -0.0572. The van der Waals surface area contributed by atoms with Gasteiger partial charge in [-0.25, -0.2) is 0 Å². The number of para-hydroxylation sites is 1. The molecule has 0 heterocycles. The van der Waals surface area contributed by atoms with Crippen molar-refractivity contribution in [1.82, 2.24) is 5.32 Å². The third kappa shape index (κ3) is 3.13. The molecule has 0 atom stereocenters. The zero-order valence-electron chi connectivity index (χ0n) is 8.84. The van der Waals surface area contributed by atoms with E-state index in [1.165, 1.54) is 0 Å². The van der Waals surface area contributed by atoms with Crippen molar-refractivity contribution in [3.05, 3.63) is 28.8 Å². The van der Waals surface area contributed by atoms with Crippen LogP contribution >= 0.6 is 11.6 Å². The van der Waals surface area contributed by atoms with E-state index in [4.69, 9.17) is 16.3 Å². The molecule has 1 rings (SSSR count). The summed E-state index contributed by atoms with van der Waals surface area (Å²) in [6.45, 7) is 2.41. The van der Waals surface area contributed by atoms with Gasteiger partial charge in [0.25, 0.3) is 0 Å². The number of ether oxygens (including phenoxy) is 1. The van der Waals surface area contributed by atoms with Crippen molar-refractivity contribution >= 4 is 17.5 Å². The number of benzene rings is 1. The SMILES string of the molecule is CCOc1c(Cl)cccc1CC(=O)NC. The Morgan fingerprint density at radius 1 is 1.53 bits per heavy atom. The van der Waals surface area contributed by atoms with Crippen molar-refractivity contribution in [3.8, 4) is 5.75 Å². The maximum Gasteiger partial charge on any atom is 0.224 e. The van der Waals surface area contributed by atoms with E-state index in [9.17, 15) is 4.79 Å². The fourth-order valence-corrected chi connectivity index (χ4v) is 1.51. The molecule has 1 aromatic carbocycles. The molecule has 0 spiro atoms. The van der Waals surface area contributed by atoms with E-state index in [1.54, 1.807) is 13.1 Å². The molecule has 0 fully saturated rings. The van der Waals surface area contributed by atoms with Gasteiger partial charge in [0.05, 0.1) is 18.1 Å². The Kier molecular flexibility index (Phi) is 4.43. The Morgan fingerprint density at radius 2 is 2.27 bits per heavy atom. The molecule has 1 N–H and O–H groups in total. The number of likely N-dealkylation sites (N-methyl/N-ethyl adjacent to an activating group) is 1. The number of hydrogen-bond acceptors (Lipinski definition) is 2. The topological polar surface area (TPSA) is 38.3 Å². The summed E-state index contributed by atoms with van der Waals surface area (Å²) >= 11 is 5.98. The average Bonchev–Trinajstić information content (AvgIpc) is 2.23. The standard InChI is InChI=1S/C11H14ClNO2/c1-3-15-11-8(7-10(14)13-2)5-4-6-9(11)12/h4-6H,3,7H2,1-2H3,(H,13,14). The number of carbonyl (C=O) groups excluding carboxylic acids is 1. The second-order valence-electron chi connectivity index (χ2n) is 3.01. The maximum absolute atomic E-state index is 11.2. The molecular formula is C11H14ClNO2. The van der Waals surface area contributed by atoms with Gasteiger partial charge in [0, 0.05) is 12.6 Å². The number of halogens is 1. The molecule has 0 aliphatic carbocycles. The van der Waals surface area contributed by atoms with Crippen LogP contribution in [0.25, 0.3) is 0 Å². The lowest BCUT2D eigenvalue weighted by Crippen LogP contribution is -2.20. The van der Waals surface area contributed by atoms with Gasteiger partial charge in [-0.05, 0) is 13.0 Å². The van der Waals surface area contributed by atoms with Crippen LogP contribution in [-0.4, -0.2) is 19.6 Å². The lowest BCUT2D eigenvalue weighted by molar-refractivity contribution is -0.119. The van der Waals surface area contributed by atoms with Crippen molar-refractivity contribution in [3.63, 3.8) is 0 Å². The van der Waals surface area contributed by atoms with Gasteiger partial charge in [0.2, 0.25) is 5.91 Å². The molecule has 1 amide bonds. The number of nitrogens with one attached hydrogen (secondary N) is 1. The van der Waals surface area contributed by atoms with Crippen LogP contribution in [0, 0.1) is 0 Å². The normalized spacial score (nSPS) is 9.80. The predicted molar refractivity (Wildman–Crippen MR) is 60.4 cm³/mol. The summed E-state index contributed by atoms with van der Waals surface area (Å²) in [7, 11) is 1.60. The van der Waals surface area contributed by atoms with Crippen molar-refractivity contribution in [2.45, 2.75) is 13.3 Å². The summed E-state index contributed by atoms with van der Waals surface area (Å²) in [6.07, 6.45) is 0.284. The van der Waals surface area contributed by atoms with Gasteiger partial charge in [-0.3, -0.25) is 4.79 Å². The summed E-state index contributed by atoms with van der Waals surface area (Å²) in [6, 6.07) is 5.40. The highest BCUT2D eigenvalue weighted by Gasteiger charge is 2.10. The monoisotopic (exact) mass is 227 g/mol. The molecule has 0 bridgehead atoms. The second kappa shape index (κ2) is 5.61. The van der Waals surface area contributed by atoms with Gasteiger partial charge in [0.15, 0.2) is 0 Å². The summed E-state index contributed by atoms with van der Waals surface area (Å²) in [5, 5.41) is 3.10. The highest BCUT2D eigenvalue weighted by molar-refractivity contribution is 6.32. The predicted octanol–water partition coefficient (Wildman–Crippen LogP) is 2.03. The average molecular weight is 228 g/mol. The summed E-state index contributed by atoms with van der Waals surface area (Å²) < 4.78 is 5.40. The molecule has 82 valence electrons. The molecular weight excluding hydrogens is 214 g/mol. The Labute approximate surface area is 94.4 Å². The first-order valence-corrected chi connectivity index (χ1v) is 5.17. The first-order chi connectivity index (χ1) is 7.19. The first-order valence-electron chi connectivity index (χ1n) is 4.79. The zero-order chi connectivity index (χ0) is 11.3. The minimum Gasteiger partial charge on any atom is -0.492 e. The Morgan fingerprint density at radius 3 is 2.87 bits per heavy atom. The van der Waals surface area contributed by atoms with E-state index in [0.717, 1.165) is 5.56 Å². The van der Waals surface area contributed by atoms with Gasteiger partial charge in [-0.2, -0.15) is 0 Å². The van der Waals surface area contributed by atoms with E-state index < -0.39 is 0 Å². The van der Waals surface area contributed by atoms with Gasteiger partial charge < -0.3 is 10.1 Å². The molecule has 3 nitrogen and oxygen atoms in total. The zero-order valence-corrected chi connectivity index (χ0v) is 9.60. The van der Waals surface area contributed by atoms with Crippen molar-refractivity contribution in [2.24, 2.45) is 0 Å². The molecule has 0 saturated carbocycles. The van der Waals surface area contributed by atoms with E-state index in [1.807, 2.05) is 19.1 Å². The number of hydrogen-bond donors (Lipinski definition) is 1. The van der Waals surface area contributed by atoms with Crippen LogP contribution in [-0.2, 0) is 11.2 Å². The Bertz CT molecular complexity index is 352. The van der Waals surface area contributed by atoms with E-state index in [2.05, 4.69) is 5.32 Å². The van der Waals surface area contributed by atoms with E-state index >= 15 is 0 Å². The molecule has 15 heavy (non-hydrogen) atoms. The summed E-state index contributed by atoms with van der Waals surface area (Å²) in [4.78, 5) is 11.2. The molecule has 0 aliphatic rings. The van der Waals surface area contributed by atoms with Crippen LogP contribution < -0.4 is 10.1 Å². The van der Waals surface area contributed by atoms with Crippen LogP contribution in [0.3, 0.4) is 0 Å². The van der Waals surface area contributed by atoms with E-state index in [0.29, 0.717) is 17.4 Å². The van der Waals surface area contributed by atoms with Crippen LogP contribution in [0.1, 0.15) is 12.5 Å². The van der Waals surface area contributed by atoms with Crippen molar-refractivity contribution in [1.29, 1.82) is 0 Å². The third-order valence-electron chi connectivity index (χ3n) is 1.97. The highest BCUT2D eigenvalue weighted by Crippen LogP contribution is 2.28. The van der Waals surface area contributed by atoms with Crippen LogP contribution in [0.2, 0.25) is 5.02 Å². The quantitative estimate of drug-likeness (QED) is 0.855. The molecule has 0 unspecified atom stereocenters. The van der Waals surface area contributed by atoms with Gasteiger partial charge >= 0.3 is 0 Å². The molecule has 1 aromatic rings. The maximum atomic E-state index is 11.2. The van der Waals surface area contributed by atoms with Gasteiger partial charge in [-0.1, -0.05) is 23.7 Å². The van der Waals surface area contributed by atoms with Gasteiger partial charge in [0.1, 0.15) is 5.75 Å². The Hall–Kier alpha value is -1.22. The lowest BCUT2D eigenvalue weighted by atomic mass is 10.1.